The molecule has 0 heterocycles. The van der Waals surface area contributed by atoms with Gasteiger partial charge in [0.25, 0.3) is 0 Å². The zero-order valence-electron chi connectivity index (χ0n) is 13.4. The van der Waals surface area contributed by atoms with E-state index in [1.807, 2.05) is 0 Å². The summed E-state index contributed by atoms with van der Waals surface area (Å²) in [7, 11) is 1.73. The number of methoxy groups -OCH3 is 1. The summed E-state index contributed by atoms with van der Waals surface area (Å²) in [5, 5.41) is 3.48. The van der Waals surface area contributed by atoms with Gasteiger partial charge in [0.15, 0.2) is 0 Å². The molecule has 2 aromatic rings. The van der Waals surface area contributed by atoms with Crippen molar-refractivity contribution in [1.82, 2.24) is 0 Å². The van der Waals surface area contributed by atoms with E-state index in [9.17, 15) is 0 Å². The van der Waals surface area contributed by atoms with Crippen molar-refractivity contribution in [2.45, 2.75) is 39.3 Å². The number of nitrogens with one attached hydrogen (secondary N) is 1. The van der Waals surface area contributed by atoms with Crippen LogP contribution in [-0.4, -0.2) is 7.11 Å². The Balaban J connectivity index is 2.03. The summed E-state index contributed by atoms with van der Waals surface area (Å²) in [6, 6.07) is 17.1. The molecule has 0 aliphatic carbocycles. The van der Waals surface area contributed by atoms with E-state index < -0.39 is 0 Å². The molecule has 0 atom stereocenters. The van der Waals surface area contributed by atoms with Crippen LogP contribution in [0.25, 0.3) is 0 Å². The maximum Gasteiger partial charge on any atom is 0.0716 e. The lowest BCUT2D eigenvalue weighted by atomic mass is 9.87. The quantitative estimate of drug-likeness (QED) is 0.855. The van der Waals surface area contributed by atoms with Crippen molar-refractivity contribution >= 4 is 5.69 Å². The van der Waals surface area contributed by atoms with Crippen LogP contribution in [0, 0.1) is 0 Å². The molecule has 0 unspecified atom stereocenters. The van der Waals surface area contributed by atoms with Crippen LogP contribution < -0.4 is 5.32 Å². The van der Waals surface area contributed by atoms with Gasteiger partial charge in [-0.15, -0.1) is 0 Å². The fraction of sp³-hybridized carbons (Fsp3) is 0.368. The van der Waals surface area contributed by atoms with E-state index >= 15 is 0 Å². The Kier molecular flexibility index (Phi) is 5.03. The third kappa shape index (κ3) is 4.33. The first kappa shape index (κ1) is 15.6. The summed E-state index contributed by atoms with van der Waals surface area (Å²) < 4.78 is 5.25. The summed E-state index contributed by atoms with van der Waals surface area (Å²) in [5.74, 6) is 0. The average Bonchev–Trinajstić information content (AvgIpc) is 2.46. The summed E-state index contributed by atoms with van der Waals surface area (Å²) in [6.45, 7) is 8.17. The van der Waals surface area contributed by atoms with Crippen LogP contribution in [0.5, 0.6) is 0 Å². The molecule has 112 valence electrons. The number of rotatable bonds is 5. The molecular formula is C19H25NO. The van der Waals surface area contributed by atoms with Crippen LogP contribution in [0.2, 0.25) is 0 Å². The predicted molar refractivity (Wildman–Crippen MR) is 89.6 cm³/mol. The second-order valence-electron chi connectivity index (χ2n) is 6.38. The van der Waals surface area contributed by atoms with Crippen molar-refractivity contribution in [2.75, 3.05) is 12.4 Å². The van der Waals surface area contributed by atoms with Gasteiger partial charge < -0.3 is 10.1 Å². The van der Waals surface area contributed by atoms with Gasteiger partial charge in [-0.05, 0) is 34.2 Å². The first-order valence-electron chi connectivity index (χ1n) is 7.41. The molecule has 21 heavy (non-hydrogen) atoms. The van der Waals surface area contributed by atoms with Gasteiger partial charge in [-0.25, -0.2) is 0 Å². The number of ether oxygens (including phenoxy) is 1. The van der Waals surface area contributed by atoms with Gasteiger partial charge in [0.05, 0.1) is 6.61 Å². The largest absolute Gasteiger partial charge is 0.381 e. The fourth-order valence-electron chi connectivity index (χ4n) is 2.31. The molecule has 0 saturated heterocycles. The molecule has 2 heteroatoms. The lowest BCUT2D eigenvalue weighted by molar-refractivity contribution is 0.184. The van der Waals surface area contributed by atoms with E-state index in [0.717, 1.165) is 12.2 Å². The second-order valence-corrected chi connectivity index (χ2v) is 6.38. The van der Waals surface area contributed by atoms with Gasteiger partial charge in [0, 0.05) is 19.3 Å². The van der Waals surface area contributed by atoms with Crippen LogP contribution in [0.3, 0.4) is 0 Å². The normalized spacial score (nSPS) is 11.4. The van der Waals surface area contributed by atoms with Crippen molar-refractivity contribution in [2.24, 2.45) is 0 Å². The monoisotopic (exact) mass is 283 g/mol. The highest BCUT2D eigenvalue weighted by Crippen LogP contribution is 2.23. The maximum absolute atomic E-state index is 5.25. The van der Waals surface area contributed by atoms with Crippen LogP contribution >= 0.6 is 0 Å². The van der Waals surface area contributed by atoms with E-state index in [2.05, 4.69) is 74.6 Å². The van der Waals surface area contributed by atoms with E-state index in [0.29, 0.717) is 6.61 Å². The van der Waals surface area contributed by atoms with E-state index in [4.69, 9.17) is 4.74 Å². The number of benzene rings is 2. The number of hydrogen-bond donors (Lipinski definition) is 1. The SMILES string of the molecule is COCc1ccccc1CNc1ccc(C(C)(C)C)cc1. The summed E-state index contributed by atoms with van der Waals surface area (Å²) in [4.78, 5) is 0. The number of anilines is 1. The smallest absolute Gasteiger partial charge is 0.0716 e. The standard InChI is InChI=1S/C19H25NO/c1-19(2,3)17-9-11-18(12-10-17)20-13-15-7-5-6-8-16(15)14-21-4/h5-12,20H,13-14H2,1-4H3. The highest BCUT2D eigenvalue weighted by molar-refractivity contribution is 5.46. The molecule has 0 radical (unpaired) electrons. The van der Waals surface area contributed by atoms with Gasteiger partial charge in [-0.1, -0.05) is 57.2 Å². The van der Waals surface area contributed by atoms with Crippen LogP contribution in [0.1, 0.15) is 37.5 Å². The topological polar surface area (TPSA) is 21.3 Å². The Bertz CT molecular complexity index is 567. The van der Waals surface area contributed by atoms with Crippen molar-refractivity contribution in [3.05, 3.63) is 65.2 Å². The lowest BCUT2D eigenvalue weighted by Crippen LogP contribution is -2.11. The Morgan fingerprint density at radius 1 is 0.905 bits per heavy atom. The van der Waals surface area contributed by atoms with Gasteiger partial charge in [0.1, 0.15) is 0 Å². The molecule has 0 spiro atoms. The lowest BCUT2D eigenvalue weighted by Gasteiger charge is -2.19. The number of hydrogen-bond acceptors (Lipinski definition) is 2. The average molecular weight is 283 g/mol. The molecule has 0 aliphatic heterocycles. The third-order valence-corrected chi connectivity index (χ3v) is 3.65. The minimum atomic E-state index is 0.198. The zero-order chi connectivity index (χ0) is 15.3. The molecule has 2 aromatic carbocycles. The summed E-state index contributed by atoms with van der Waals surface area (Å²) >= 11 is 0. The molecule has 0 fully saturated rings. The molecule has 0 amide bonds. The Morgan fingerprint density at radius 3 is 2.10 bits per heavy atom. The highest BCUT2D eigenvalue weighted by Gasteiger charge is 2.12. The minimum absolute atomic E-state index is 0.198. The van der Waals surface area contributed by atoms with Gasteiger partial charge >= 0.3 is 0 Å². The molecule has 0 aliphatic rings. The van der Waals surface area contributed by atoms with Gasteiger partial charge in [-0.3, -0.25) is 0 Å². The van der Waals surface area contributed by atoms with Crippen molar-refractivity contribution in [1.29, 1.82) is 0 Å². The summed E-state index contributed by atoms with van der Waals surface area (Å²) in [6.07, 6.45) is 0. The first-order valence-corrected chi connectivity index (χ1v) is 7.41. The van der Waals surface area contributed by atoms with Crippen LogP contribution in [0.15, 0.2) is 48.5 Å². The van der Waals surface area contributed by atoms with Crippen molar-refractivity contribution < 1.29 is 4.74 Å². The molecule has 2 rings (SSSR count). The fourth-order valence-corrected chi connectivity index (χ4v) is 2.31. The minimum Gasteiger partial charge on any atom is -0.381 e. The molecular weight excluding hydrogens is 258 g/mol. The molecule has 2 nitrogen and oxygen atoms in total. The van der Waals surface area contributed by atoms with Gasteiger partial charge in [-0.2, -0.15) is 0 Å². The molecule has 0 aromatic heterocycles. The first-order chi connectivity index (χ1) is 10.0. The predicted octanol–water partition coefficient (Wildman–Crippen LogP) is 4.74. The Morgan fingerprint density at radius 2 is 1.52 bits per heavy atom. The highest BCUT2D eigenvalue weighted by atomic mass is 16.5. The van der Waals surface area contributed by atoms with Crippen molar-refractivity contribution in [3.8, 4) is 0 Å². The third-order valence-electron chi connectivity index (χ3n) is 3.65. The van der Waals surface area contributed by atoms with Crippen LogP contribution in [-0.2, 0) is 23.3 Å². The molecule has 1 N–H and O–H groups in total. The van der Waals surface area contributed by atoms with E-state index in [-0.39, 0.29) is 5.41 Å². The zero-order valence-corrected chi connectivity index (χ0v) is 13.4. The van der Waals surface area contributed by atoms with Crippen molar-refractivity contribution in [3.63, 3.8) is 0 Å². The second kappa shape index (κ2) is 6.77. The molecule has 0 bridgehead atoms. The summed E-state index contributed by atoms with van der Waals surface area (Å²) in [5.41, 5.74) is 5.21. The molecule has 0 saturated carbocycles. The Labute approximate surface area is 128 Å². The maximum atomic E-state index is 5.25. The Hall–Kier alpha value is -1.80. The van der Waals surface area contributed by atoms with Gasteiger partial charge in [0.2, 0.25) is 0 Å². The van der Waals surface area contributed by atoms with Crippen LogP contribution in [0.4, 0.5) is 5.69 Å². The van der Waals surface area contributed by atoms with E-state index in [1.165, 1.54) is 16.7 Å². The van der Waals surface area contributed by atoms with E-state index in [1.54, 1.807) is 7.11 Å².